The molecule has 0 aromatic heterocycles. The van der Waals surface area contributed by atoms with E-state index in [9.17, 15) is 9.59 Å². The molecular formula is C28H26N4O3. The highest BCUT2D eigenvalue weighted by molar-refractivity contribution is 6.00. The first-order valence-electron chi connectivity index (χ1n) is 11.5. The van der Waals surface area contributed by atoms with Crippen molar-refractivity contribution >= 4 is 29.1 Å². The average Bonchev–Trinajstić information content (AvgIpc) is 3.39. The zero-order valence-corrected chi connectivity index (χ0v) is 19.4. The molecule has 35 heavy (non-hydrogen) atoms. The summed E-state index contributed by atoms with van der Waals surface area (Å²) in [5.74, 6) is -0.639. The van der Waals surface area contributed by atoms with E-state index in [0.29, 0.717) is 30.1 Å². The maximum atomic E-state index is 13.0. The van der Waals surface area contributed by atoms with E-state index in [2.05, 4.69) is 15.6 Å². The van der Waals surface area contributed by atoms with Crippen LogP contribution in [-0.2, 0) is 9.53 Å². The van der Waals surface area contributed by atoms with E-state index in [0.717, 1.165) is 23.2 Å². The van der Waals surface area contributed by atoms with Gasteiger partial charge in [0.05, 0.1) is 18.7 Å². The lowest BCUT2D eigenvalue weighted by atomic mass is 9.88. The molecule has 0 amide bonds. The van der Waals surface area contributed by atoms with Gasteiger partial charge in [0.25, 0.3) is 0 Å². The summed E-state index contributed by atoms with van der Waals surface area (Å²) in [6.45, 7) is 0. The number of aliphatic imine (C=N–C) groups is 1. The van der Waals surface area contributed by atoms with Crippen LogP contribution in [0.1, 0.15) is 29.6 Å². The summed E-state index contributed by atoms with van der Waals surface area (Å²) in [4.78, 5) is 29.5. The quantitative estimate of drug-likeness (QED) is 0.128. The van der Waals surface area contributed by atoms with E-state index < -0.39 is 0 Å². The van der Waals surface area contributed by atoms with E-state index in [1.54, 1.807) is 0 Å². The number of hydrogen-bond donors (Lipinski definition) is 2. The van der Waals surface area contributed by atoms with Crippen LogP contribution in [0.3, 0.4) is 0 Å². The van der Waals surface area contributed by atoms with Crippen molar-refractivity contribution in [1.29, 1.82) is 5.26 Å². The molecular weight excluding hydrogens is 440 g/mol. The highest BCUT2D eigenvalue weighted by Crippen LogP contribution is 2.35. The van der Waals surface area contributed by atoms with Crippen LogP contribution in [0.15, 0.2) is 83.9 Å². The van der Waals surface area contributed by atoms with Crippen LogP contribution in [0.4, 0.5) is 11.4 Å². The molecule has 1 aliphatic rings. The largest absolute Gasteiger partial charge is 0.469 e. The molecule has 0 aliphatic heterocycles. The van der Waals surface area contributed by atoms with E-state index in [-0.39, 0.29) is 23.6 Å². The van der Waals surface area contributed by atoms with Gasteiger partial charge >= 0.3 is 5.97 Å². The Kier molecular flexibility index (Phi) is 7.53. The minimum atomic E-state index is -0.350. The Labute approximate surface area is 204 Å². The van der Waals surface area contributed by atoms with Crippen molar-refractivity contribution in [3.63, 3.8) is 0 Å². The maximum absolute atomic E-state index is 13.0. The molecule has 0 unspecified atom stereocenters. The highest BCUT2D eigenvalue weighted by atomic mass is 16.5. The summed E-state index contributed by atoms with van der Waals surface area (Å²) in [6.07, 6.45) is 4.16. The van der Waals surface area contributed by atoms with Crippen LogP contribution in [0.25, 0.3) is 11.1 Å². The van der Waals surface area contributed by atoms with E-state index in [4.69, 9.17) is 10.00 Å². The fraction of sp³-hybridized carbons (Fsp3) is 0.214. The molecule has 2 atom stereocenters. The van der Waals surface area contributed by atoms with Gasteiger partial charge in [-0.15, -0.1) is 0 Å². The first-order chi connectivity index (χ1) is 17.1. The molecule has 4 rings (SSSR count). The number of hydrogen-bond acceptors (Lipinski definition) is 5. The number of ether oxygens (including phenoxy) is 1. The van der Waals surface area contributed by atoms with Crippen molar-refractivity contribution in [3.8, 4) is 17.3 Å². The van der Waals surface area contributed by atoms with Crippen LogP contribution in [0.2, 0.25) is 0 Å². The molecule has 1 aliphatic carbocycles. The molecule has 0 saturated heterocycles. The fourth-order valence-electron chi connectivity index (χ4n) is 4.40. The maximum Gasteiger partial charge on any atom is 0.309 e. The second kappa shape index (κ2) is 11.1. The Balaban J connectivity index is 1.46. The number of Topliss-reactive ketones (excluding diaryl/α,β-unsaturated/α-hetero) is 1. The molecule has 2 N–H and O–H groups in total. The van der Waals surface area contributed by atoms with Gasteiger partial charge in [0.1, 0.15) is 0 Å². The molecule has 7 nitrogen and oxygen atoms in total. The SMILES string of the molecule is COC(=O)[C@@H]1CCC[C@H]1C(=O)c1ccc(-c2ccc(N=C(NC#N)Nc3ccccc3)cc2)cc1. The lowest BCUT2D eigenvalue weighted by Gasteiger charge is -2.16. The number of carbonyl (C=O) groups excluding carboxylic acids is 2. The Morgan fingerprint density at radius 3 is 2.17 bits per heavy atom. The second-order valence-electron chi connectivity index (χ2n) is 8.34. The minimum Gasteiger partial charge on any atom is -0.469 e. The Bertz CT molecular complexity index is 1250. The third kappa shape index (κ3) is 5.74. The molecule has 3 aromatic carbocycles. The summed E-state index contributed by atoms with van der Waals surface area (Å²) < 4.78 is 4.88. The van der Waals surface area contributed by atoms with Crippen molar-refractivity contribution in [3.05, 3.63) is 84.4 Å². The first-order valence-corrected chi connectivity index (χ1v) is 11.5. The molecule has 0 bridgehead atoms. The van der Waals surface area contributed by atoms with Gasteiger partial charge in [0, 0.05) is 17.2 Å². The predicted molar refractivity (Wildman–Crippen MR) is 135 cm³/mol. The van der Waals surface area contributed by atoms with E-state index in [1.807, 2.05) is 85.1 Å². The summed E-state index contributed by atoms with van der Waals surface area (Å²) >= 11 is 0. The number of benzene rings is 3. The van der Waals surface area contributed by atoms with Crippen molar-refractivity contribution in [2.24, 2.45) is 16.8 Å². The summed E-state index contributed by atoms with van der Waals surface area (Å²) in [5.41, 5.74) is 4.04. The van der Waals surface area contributed by atoms with Gasteiger partial charge in [-0.05, 0) is 48.2 Å². The average molecular weight is 467 g/mol. The van der Waals surface area contributed by atoms with E-state index in [1.165, 1.54) is 7.11 Å². The van der Waals surface area contributed by atoms with Gasteiger partial charge in [-0.1, -0.05) is 61.0 Å². The van der Waals surface area contributed by atoms with Crippen LogP contribution < -0.4 is 10.6 Å². The predicted octanol–water partition coefficient (Wildman–Crippen LogP) is 5.30. The summed E-state index contributed by atoms with van der Waals surface area (Å²) in [5, 5.41) is 14.7. The molecule has 7 heteroatoms. The Morgan fingerprint density at radius 1 is 0.914 bits per heavy atom. The zero-order valence-electron chi connectivity index (χ0n) is 19.4. The monoisotopic (exact) mass is 466 g/mol. The second-order valence-corrected chi connectivity index (χ2v) is 8.34. The van der Waals surface area contributed by atoms with Gasteiger partial charge < -0.3 is 10.1 Å². The van der Waals surface area contributed by atoms with Crippen molar-refractivity contribution in [1.82, 2.24) is 5.32 Å². The number of anilines is 1. The number of carbonyl (C=O) groups is 2. The summed E-state index contributed by atoms with van der Waals surface area (Å²) in [7, 11) is 1.37. The number of methoxy groups -OCH3 is 1. The number of nitrogens with one attached hydrogen (secondary N) is 2. The normalized spacial score (nSPS) is 17.3. The van der Waals surface area contributed by atoms with E-state index >= 15 is 0 Å². The highest BCUT2D eigenvalue weighted by Gasteiger charge is 2.38. The third-order valence-electron chi connectivity index (χ3n) is 6.18. The number of ketones is 1. The molecule has 0 spiro atoms. The molecule has 0 radical (unpaired) electrons. The molecule has 0 heterocycles. The Morgan fingerprint density at radius 2 is 1.54 bits per heavy atom. The smallest absolute Gasteiger partial charge is 0.309 e. The van der Waals surface area contributed by atoms with Crippen LogP contribution in [0.5, 0.6) is 0 Å². The lowest BCUT2D eigenvalue weighted by molar-refractivity contribution is -0.146. The number of guanidine groups is 1. The van der Waals surface area contributed by atoms with Gasteiger partial charge in [-0.2, -0.15) is 5.26 Å². The van der Waals surface area contributed by atoms with Crippen LogP contribution in [0, 0.1) is 23.3 Å². The van der Waals surface area contributed by atoms with Gasteiger partial charge in [-0.3, -0.25) is 14.9 Å². The third-order valence-corrected chi connectivity index (χ3v) is 6.18. The van der Waals surface area contributed by atoms with Gasteiger partial charge in [0.15, 0.2) is 12.0 Å². The number of para-hydroxylation sites is 1. The van der Waals surface area contributed by atoms with Gasteiger partial charge in [0.2, 0.25) is 5.96 Å². The number of nitrogens with zero attached hydrogens (tertiary/aromatic N) is 2. The number of nitriles is 1. The van der Waals surface area contributed by atoms with Crippen molar-refractivity contribution in [2.75, 3.05) is 12.4 Å². The molecule has 1 saturated carbocycles. The lowest BCUT2D eigenvalue weighted by Crippen LogP contribution is -2.26. The number of rotatable bonds is 6. The fourth-order valence-corrected chi connectivity index (χ4v) is 4.40. The topological polar surface area (TPSA) is 104 Å². The van der Waals surface area contributed by atoms with Crippen LogP contribution >= 0.6 is 0 Å². The summed E-state index contributed by atoms with van der Waals surface area (Å²) in [6, 6.07) is 24.5. The van der Waals surface area contributed by atoms with Crippen molar-refractivity contribution < 1.29 is 14.3 Å². The van der Waals surface area contributed by atoms with Crippen LogP contribution in [-0.4, -0.2) is 24.8 Å². The molecule has 1 fully saturated rings. The van der Waals surface area contributed by atoms with Crippen molar-refractivity contribution in [2.45, 2.75) is 19.3 Å². The standard InChI is InChI=1S/C28H26N4O3/c1-35-27(34)25-9-5-8-24(25)26(33)21-12-10-19(11-13-21)20-14-16-23(17-15-20)32-28(30-18-29)31-22-6-3-2-4-7-22/h2-4,6-7,10-17,24-25H,5,8-9H2,1H3,(H2,30,31,32)/t24-,25-/m1/s1. The zero-order chi connectivity index (χ0) is 24.6. The minimum absolute atomic E-state index is 0.00225. The molecule has 176 valence electrons. The molecule has 3 aromatic rings. The first kappa shape index (κ1) is 23.7. The number of esters is 1. The van der Waals surface area contributed by atoms with Gasteiger partial charge in [-0.25, -0.2) is 4.99 Å². The Hall–Kier alpha value is -4.44.